The van der Waals surface area contributed by atoms with Gasteiger partial charge in [0.1, 0.15) is 5.52 Å². The van der Waals surface area contributed by atoms with Crippen molar-refractivity contribution >= 4 is 38.9 Å². The average molecular weight is 565 g/mol. The lowest BCUT2D eigenvalue weighted by Crippen LogP contribution is -2.09. The molecular formula is C41H28N2O. The molecule has 0 aliphatic carbocycles. The number of oxazole rings is 1. The monoisotopic (exact) mass is 564 g/mol. The van der Waals surface area contributed by atoms with Gasteiger partial charge in [-0.15, -0.1) is 0 Å². The summed E-state index contributed by atoms with van der Waals surface area (Å²) in [7, 11) is 0. The maximum absolute atomic E-state index is 6.41. The van der Waals surface area contributed by atoms with E-state index in [0.717, 1.165) is 44.5 Å². The van der Waals surface area contributed by atoms with Crippen LogP contribution < -0.4 is 4.90 Å². The van der Waals surface area contributed by atoms with Crippen LogP contribution in [0.25, 0.3) is 55.6 Å². The summed E-state index contributed by atoms with van der Waals surface area (Å²) < 4.78 is 6.41. The zero-order valence-corrected chi connectivity index (χ0v) is 24.0. The summed E-state index contributed by atoms with van der Waals surface area (Å²) in [5.41, 5.74) is 10.6. The molecule has 0 bridgehead atoms. The third kappa shape index (κ3) is 4.81. The molecule has 0 amide bonds. The lowest BCUT2D eigenvalue weighted by Gasteiger charge is -2.26. The highest BCUT2D eigenvalue weighted by Gasteiger charge is 2.17. The molecule has 8 aromatic rings. The van der Waals surface area contributed by atoms with Crippen LogP contribution in [0.5, 0.6) is 0 Å². The summed E-state index contributed by atoms with van der Waals surface area (Å²) in [6.07, 6.45) is 0. The Morgan fingerprint density at radius 3 is 1.41 bits per heavy atom. The Morgan fingerprint density at radius 1 is 0.409 bits per heavy atom. The highest BCUT2D eigenvalue weighted by atomic mass is 16.3. The molecule has 0 unspecified atom stereocenters. The van der Waals surface area contributed by atoms with Crippen LogP contribution in [0.1, 0.15) is 0 Å². The number of hydrogen-bond donors (Lipinski definition) is 0. The van der Waals surface area contributed by atoms with E-state index in [9.17, 15) is 0 Å². The van der Waals surface area contributed by atoms with Gasteiger partial charge in [0.05, 0.1) is 0 Å². The van der Waals surface area contributed by atoms with E-state index >= 15 is 0 Å². The van der Waals surface area contributed by atoms with E-state index in [1.54, 1.807) is 0 Å². The van der Waals surface area contributed by atoms with Crippen molar-refractivity contribution in [2.45, 2.75) is 0 Å². The minimum Gasteiger partial charge on any atom is -0.435 e. The van der Waals surface area contributed by atoms with Crippen molar-refractivity contribution in [2.24, 2.45) is 0 Å². The average Bonchev–Trinajstić information content (AvgIpc) is 3.56. The molecule has 0 radical (unpaired) electrons. The van der Waals surface area contributed by atoms with E-state index in [0.29, 0.717) is 5.89 Å². The second-order valence-corrected chi connectivity index (χ2v) is 10.9. The Kier molecular flexibility index (Phi) is 6.47. The molecule has 3 nitrogen and oxygen atoms in total. The number of aromatic nitrogens is 1. The third-order valence-corrected chi connectivity index (χ3v) is 8.10. The molecule has 0 spiro atoms. The summed E-state index contributed by atoms with van der Waals surface area (Å²) in [6.45, 7) is 0. The van der Waals surface area contributed by atoms with Gasteiger partial charge in [-0.05, 0) is 82.2 Å². The predicted molar refractivity (Wildman–Crippen MR) is 183 cm³/mol. The molecule has 0 aliphatic heterocycles. The topological polar surface area (TPSA) is 29.3 Å². The Labute approximate surface area is 256 Å². The summed E-state index contributed by atoms with van der Waals surface area (Å²) in [5, 5.41) is 2.14. The molecule has 208 valence electrons. The molecule has 1 heterocycles. The second-order valence-electron chi connectivity index (χ2n) is 10.9. The lowest BCUT2D eigenvalue weighted by molar-refractivity contribution is 0.623. The van der Waals surface area contributed by atoms with Crippen LogP contribution in [0.2, 0.25) is 0 Å². The summed E-state index contributed by atoms with van der Waals surface area (Å²) in [5.74, 6) is 0.628. The van der Waals surface area contributed by atoms with E-state index in [1.807, 2.05) is 48.5 Å². The van der Waals surface area contributed by atoms with Gasteiger partial charge < -0.3 is 9.32 Å². The van der Waals surface area contributed by atoms with Crippen LogP contribution in [-0.2, 0) is 0 Å². The van der Waals surface area contributed by atoms with Crippen LogP contribution in [0.15, 0.2) is 174 Å². The SMILES string of the molecule is c1ccc(-c2ccc(N(c3ccc(-c4ccccc4)cc3)c3ccc4ccc5nc(-c6ccccc6)oc5c4c3)cc2)cc1. The highest BCUT2D eigenvalue weighted by Crippen LogP contribution is 2.39. The van der Waals surface area contributed by atoms with Crippen molar-refractivity contribution in [1.82, 2.24) is 4.98 Å². The minimum atomic E-state index is 0.628. The molecule has 0 saturated heterocycles. The van der Waals surface area contributed by atoms with Crippen molar-refractivity contribution in [3.63, 3.8) is 0 Å². The Morgan fingerprint density at radius 2 is 0.864 bits per heavy atom. The van der Waals surface area contributed by atoms with Crippen molar-refractivity contribution in [1.29, 1.82) is 0 Å². The number of benzene rings is 7. The molecular weight excluding hydrogens is 536 g/mol. The Bertz CT molecular complexity index is 2100. The van der Waals surface area contributed by atoms with Gasteiger partial charge in [0.15, 0.2) is 5.58 Å². The largest absolute Gasteiger partial charge is 0.435 e. The van der Waals surface area contributed by atoms with Gasteiger partial charge in [-0.2, -0.15) is 0 Å². The van der Waals surface area contributed by atoms with Gasteiger partial charge in [0.25, 0.3) is 0 Å². The van der Waals surface area contributed by atoms with Crippen LogP contribution in [0, 0.1) is 0 Å². The van der Waals surface area contributed by atoms with Crippen molar-refractivity contribution in [3.05, 3.63) is 170 Å². The first-order chi connectivity index (χ1) is 21.8. The quantitative estimate of drug-likeness (QED) is 0.201. The zero-order chi connectivity index (χ0) is 29.3. The summed E-state index contributed by atoms with van der Waals surface area (Å²) in [4.78, 5) is 7.12. The van der Waals surface area contributed by atoms with E-state index in [4.69, 9.17) is 9.40 Å². The van der Waals surface area contributed by atoms with Crippen molar-refractivity contribution in [2.75, 3.05) is 4.90 Å². The number of hydrogen-bond acceptors (Lipinski definition) is 3. The van der Waals surface area contributed by atoms with Crippen LogP contribution >= 0.6 is 0 Å². The number of rotatable bonds is 6. The molecule has 0 fully saturated rings. The number of anilines is 3. The van der Waals surface area contributed by atoms with E-state index < -0.39 is 0 Å². The third-order valence-electron chi connectivity index (χ3n) is 8.10. The molecule has 0 aliphatic rings. The maximum Gasteiger partial charge on any atom is 0.227 e. The van der Waals surface area contributed by atoms with Crippen molar-refractivity contribution < 1.29 is 4.42 Å². The second kappa shape index (κ2) is 11.0. The van der Waals surface area contributed by atoms with Crippen molar-refractivity contribution in [3.8, 4) is 33.7 Å². The normalized spacial score (nSPS) is 11.2. The van der Waals surface area contributed by atoms with E-state index in [-0.39, 0.29) is 0 Å². The first-order valence-electron chi connectivity index (χ1n) is 14.8. The van der Waals surface area contributed by atoms with Crippen LogP contribution in [-0.4, -0.2) is 4.98 Å². The minimum absolute atomic E-state index is 0.628. The lowest BCUT2D eigenvalue weighted by atomic mass is 10.0. The fraction of sp³-hybridized carbons (Fsp3) is 0. The molecule has 0 atom stereocenters. The standard InChI is InChI=1S/C41H28N2O/c1-4-10-29(11-5-1)31-16-22-35(23-17-31)43(36-24-18-32(19-25-36)30-12-6-2-7-13-30)37-26-20-33-21-27-39-40(38(33)28-37)44-41(42-39)34-14-8-3-9-15-34/h1-28H. The van der Waals surface area contributed by atoms with Gasteiger partial charge in [0, 0.05) is 28.0 Å². The van der Waals surface area contributed by atoms with E-state index in [1.165, 1.54) is 22.3 Å². The van der Waals surface area contributed by atoms with Gasteiger partial charge >= 0.3 is 0 Å². The first-order valence-corrected chi connectivity index (χ1v) is 14.8. The first kappa shape index (κ1) is 25.8. The number of nitrogens with zero attached hydrogens (tertiary/aromatic N) is 2. The fourth-order valence-corrected chi connectivity index (χ4v) is 5.85. The molecule has 0 N–H and O–H groups in total. The van der Waals surface area contributed by atoms with Gasteiger partial charge in [-0.1, -0.05) is 115 Å². The maximum atomic E-state index is 6.41. The molecule has 7 aromatic carbocycles. The van der Waals surface area contributed by atoms with Gasteiger partial charge in [-0.25, -0.2) is 4.98 Å². The molecule has 0 saturated carbocycles. The molecule has 44 heavy (non-hydrogen) atoms. The molecule has 1 aromatic heterocycles. The highest BCUT2D eigenvalue weighted by molar-refractivity contribution is 6.05. The molecule has 3 heteroatoms. The van der Waals surface area contributed by atoms with E-state index in [2.05, 4.69) is 126 Å². The predicted octanol–water partition coefficient (Wildman–Crippen LogP) is 11.5. The summed E-state index contributed by atoms with van der Waals surface area (Å²) in [6, 6.07) is 59.3. The van der Waals surface area contributed by atoms with Gasteiger partial charge in [0.2, 0.25) is 5.89 Å². The smallest absolute Gasteiger partial charge is 0.227 e. The van der Waals surface area contributed by atoms with Gasteiger partial charge in [-0.3, -0.25) is 0 Å². The number of fused-ring (bicyclic) bond motifs is 3. The fourth-order valence-electron chi connectivity index (χ4n) is 5.85. The van der Waals surface area contributed by atoms with Crippen LogP contribution in [0.3, 0.4) is 0 Å². The van der Waals surface area contributed by atoms with Crippen LogP contribution in [0.4, 0.5) is 17.1 Å². The summed E-state index contributed by atoms with van der Waals surface area (Å²) >= 11 is 0. The zero-order valence-electron chi connectivity index (χ0n) is 24.0. The molecule has 8 rings (SSSR count). The Hall–Kier alpha value is -5.93. The Balaban J connectivity index is 1.26.